The fraction of sp³-hybridized carbons (Fsp3) is 1.00. The van der Waals surface area contributed by atoms with Gasteiger partial charge in [-0.3, -0.25) is 0 Å². The molecule has 3 heteroatoms. The lowest BCUT2D eigenvalue weighted by Crippen LogP contribution is -2.59. The Morgan fingerprint density at radius 2 is 1.62 bits per heavy atom. The van der Waals surface area contributed by atoms with E-state index >= 15 is 0 Å². The SMILES string of the molecule is Cl.NC1[C@@H]2C[C@H]3C[C@H]1C[C@](O)(C3)C2. The third-order valence-electron chi connectivity index (χ3n) is 4.31. The lowest BCUT2D eigenvalue weighted by molar-refractivity contribution is -0.132. The van der Waals surface area contributed by atoms with E-state index in [2.05, 4.69) is 0 Å². The molecule has 4 aliphatic carbocycles. The van der Waals surface area contributed by atoms with E-state index in [1.54, 1.807) is 0 Å². The van der Waals surface area contributed by atoms with E-state index in [-0.39, 0.29) is 18.0 Å². The highest BCUT2D eigenvalue weighted by Gasteiger charge is 2.53. The van der Waals surface area contributed by atoms with Crippen LogP contribution in [0.4, 0.5) is 0 Å². The fourth-order valence-electron chi connectivity index (χ4n) is 4.02. The molecular weight excluding hydrogens is 186 g/mol. The van der Waals surface area contributed by atoms with Crippen LogP contribution in [-0.2, 0) is 0 Å². The summed E-state index contributed by atoms with van der Waals surface area (Å²) < 4.78 is 0. The Balaban J connectivity index is 0.000000653. The Morgan fingerprint density at radius 3 is 2.08 bits per heavy atom. The second-order valence-corrected chi connectivity index (χ2v) is 5.27. The normalized spacial score (nSPS) is 57.7. The van der Waals surface area contributed by atoms with Crippen molar-refractivity contribution in [2.45, 2.75) is 43.7 Å². The van der Waals surface area contributed by atoms with Gasteiger partial charge >= 0.3 is 0 Å². The maximum Gasteiger partial charge on any atom is 0.0657 e. The summed E-state index contributed by atoms with van der Waals surface area (Å²) in [6.07, 6.45) is 5.62. The molecule has 2 nitrogen and oxygen atoms in total. The van der Waals surface area contributed by atoms with Gasteiger partial charge in [-0.05, 0) is 49.9 Å². The molecule has 0 aromatic rings. The van der Waals surface area contributed by atoms with Gasteiger partial charge in [0.1, 0.15) is 0 Å². The molecule has 76 valence electrons. The minimum absolute atomic E-state index is 0. The van der Waals surface area contributed by atoms with E-state index in [1.165, 1.54) is 12.8 Å². The quantitative estimate of drug-likeness (QED) is 0.624. The highest BCUT2D eigenvalue weighted by molar-refractivity contribution is 5.85. The van der Waals surface area contributed by atoms with E-state index in [1.807, 2.05) is 0 Å². The van der Waals surface area contributed by atoms with Crippen LogP contribution in [-0.4, -0.2) is 16.7 Å². The first-order valence-electron chi connectivity index (χ1n) is 5.14. The van der Waals surface area contributed by atoms with Crippen LogP contribution < -0.4 is 5.73 Å². The Hall–Kier alpha value is 0.210. The zero-order valence-corrected chi connectivity index (χ0v) is 8.59. The zero-order chi connectivity index (χ0) is 8.34. The lowest BCUT2D eigenvalue weighted by atomic mass is 9.52. The van der Waals surface area contributed by atoms with Crippen LogP contribution in [0, 0.1) is 17.8 Å². The van der Waals surface area contributed by atoms with Gasteiger partial charge in [0.25, 0.3) is 0 Å². The predicted molar refractivity (Wildman–Crippen MR) is 53.7 cm³/mol. The van der Waals surface area contributed by atoms with Gasteiger partial charge in [0.15, 0.2) is 0 Å². The van der Waals surface area contributed by atoms with Gasteiger partial charge in [0, 0.05) is 6.04 Å². The fourth-order valence-corrected chi connectivity index (χ4v) is 4.02. The van der Waals surface area contributed by atoms with Crippen LogP contribution in [0.15, 0.2) is 0 Å². The smallest absolute Gasteiger partial charge is 0.0657 e. The molecule has 4 saturated carbocycles. The van der Waals surface area contributed by atoms with E-state index in [0.29, 0.717) is 17.9 Å². The standard InChI is InChI=1S/C10H17NO.ClH/c11-9-7-1-6-2-8(9)5-10(12,3-6)4-7;/h6-9,12H,1-5,11H2;1H/t6-,7+,8-,9?,10-;. The van der Waals surface area contributed by atoms with Crippen molar-refractivity contribution in [3.8, 4) is 0 Å². The summed E-state index contributed by atoms with van der Waals surface area (Å²) in [7, 11) is 0. The van der Waals surface area contributed by atoms with Crippen LogP contribution in [0.25, 0.3) is 0 Å². The molecule has 4 rings (SSSR count). The molecule has 0 aliphatic heterocycles. The molecule has 0 aromatic carbocycles. The van der Waals surface area contributed by atoms with Crippen LogP contribution in [0.5, 0.6) is 0 Å². The van der Waals surface area contributed by atoms with E-state index in [0.717, 1.165) is 25.2 Å². The average molecular weight is 204 g/mol. The first-order valence-corrected chi connectivity index (χ1v) is 5.14. The topological polar surface area (TPSA) is 46.2 Å². The summed E-state index contributed by atoms with van der Waals surface area (Å²) in [5.74, 6) is 2.08. The van der Waals surface area contributed by atoms with Crippen molar-refractivity contribution in [3.05, 3.63) is 0 Å². The largest absolute Gasteiger partial charge is 0.390 e. The minimum atomic E-state index is -0.299. The van der Waals surface area contributed by atoms with Crippen molar-refractivity contribution in [3.63, 3.8) is 0 Å². The van der Waals surface area contributed by atoms with E-state index in [4.69, 9.17) is 5.73 Å². The molecular formula is C10H18ClNO. The molecule has 5 atom stereocenters. The van der Waals surface area contributed by atoms with Gasteiger partial charge in [-0.15, -0.1) is 12.4 Å². The van der Waals surface area contributed by atoms with E-state index in [9.17, 15) is 5.11 Å². The molecule has 0 radical (unpaired) electrons. The number of halogens is 1. The number of hydrogen-bond donors (Lipinski definition) is 2. The number of aliphatic hydroxyl groups is 1. The molecule has 1 unspecified atom stereocenters. The summed E-state index contributed by atoms with van der Waals surface area (Å²) in [6.45, 7) is 0. The van der Waals surface area contributed by atoms with Gasteiger partial charge in [-0.25, -0.2) is 0 Å². The second-order valence-electron chi connectivity index (χ2n) is 5.27. The lowest BCUT2D eigenvalue weighted by Gasteiger charge is -2.57. The van der Waals surface area contributed by atoms with Gasteiger partial charge in [0.2, 0.25) is 0 Å². The number of hydrogen-bond acceptors (Lipinski definition) is 2. The Labute approximate surface area is 85.3 Å². The van der Waals surface area contributed by atoms with E-state index < -0.39 is 0 Å². The maximum absolute atomic E-state index is 10.2. The summed E-state index contributed by atoms with van der Waals surface area (Å²) in [6, 6.07) is 0.404. The van der Waals surface area contributed by atoms with Gasteiger partial charge < -0.3 is 10.8 Å². The van der Waals surface area contributed by atoms with Gasteiger partial charge in [0.05, 0.1) is 5.60 Å². The Kier molecular flexibility index (Phi) is 2.14. The summed E-state index contributed by atoms with van der Waals surface area (Å²) >= 11 is 0. The summed E-state index contributed by atoms with van der Waals surface area (Å²) in [5.41, 5.74) is 5.82. The van der Waals surface area contributed by atoms with Crippen LogP contribution >= 0.6 is 12.4 Å². The first-order chi connectivity index (χ1) is 5.66. The first kappa shape index (κ1) is 9.75. The van der Waals surface area contributed by atoms with Gasteiger partial charge in [-0.2, -0.15) is 0 Å². The molecule has 0 saturated heterocycles. The average Bonchev–Trinajstić information content (AvgIpc) is 1.96. The van der Waals surface area contributed by atoms with Crippen molar-refractivity contribution in [1.82, 2.24) is 0 Å². The van der Waals surface area contributed by atoms with Crippen LogP contribution in [0.3, 0.4) is 0 Å². The Bertz CT molecular complexity index is 205. The highest BCUT2D eigenvalue weighted by Crippen LogP contribution is 2.54. The minimum Gasteiger partial charge on any atom is -0.390 e. The third kappa shape index (κ3) is 1.31. The number of rotatable bonds is 0. The monoisotopic (exact) mass is 203 g/mol. The zero-order valence-electron chi connectivity index (χ0n) is 7.78. The molecule has 4 bridgehead atoms. The molecule has 0 aromatic heterocycles. The molecule has 0 spiro atoms. The van der Waals surface area contributed by atoms with Gasteiger partial charge in [-0.1, -0.05) is 0 Å². The predicted octanol–water partition coefficient (Wildman–Crippen LogP) is 1.31. The Morgan fingerprint density at radius 1 is 1.08 bits per heavy atom. The van der Waals surface area contributed by atoms with Crippen molar-refractivity contribution in [2.24, 2.45) is 23.5 Å². The molecule has 0 heterocycles. The molecule has 0 amide bonds. The highest BCUT2D eigenvalue weighted by atomic mass is 35.5. The van der Waals surface area contributed by atoms with Crippen molar-refractivity contribution >= 4 is 12.4 Å². The van der Waals surface area contributed by atoms with Crippen LogP contribution in [0.2, 0.25) is 0 Å². The molecule has 4 aliphatic rings. The van der Waals surface area contributed by atoms with Crippen molar-refractivity contribution in [1.29, 1.82) is 0 Å². The maximum atomic E-state index is 10.2. The molecule has 3 N–H and O–H groups in total. The third-order valence-corrected chi connectivity index (χ3v) is 4.31. The molecule has 13 heavy (non-hydrogen) atoms. The number of nitrogens with two attached hydrogens (primary N) is 1. The summed E-state index contributed by atoms with van der Waals surface area (Å²) in [4.78, 5) is 0. The molecule has 4 fully saturated rings. The van der Waals surface area contributed by atoms with Crippen LogP contribution in [0.1, 0.15) is 32.1 Å². The van der Waals surface area contributed by atoms with Crippen molar-refractivity contribution in [2.75, 3.05) is 0 Å². The summed E-state index contributed by atoms with van der Waals surface area (Å²) in [5, 5.41) is 10.2. The second kappa shape index (κ2) is 2.85. The van der Waals surface area contributed by atoms with Crippen molar-refractivity contribution < 1.29 is 5.11 Å².